The lowest BCUT2D eigenvalue weighted by molar-refractivity contribution is -0.357. The number of amides is 1. The molecule has 1 heterocycles. The minimum absolute atomic E-state index is 0.00124. The summed E-state index contributed by atoms with van der Waals surface area (Å²) in [6, 6.07) is 4.23. The molecule has 1 N–H and O–H groups in total. The zero-order valence-corrected chi connectivity index (χ0v) is 17.3. The van der Waals surface area contributed by atoms with Gasteiger partial charge in [0.1, 0.15) is 12.4 Å². The predicted octanol–water partition coefficient (Wildman–Crippen LogP) is 3.90. The molecule has 0 aliphatic heterocycles. The first-order valence-corrected chi connectivity index (χ1v) is 10.4. The molecule has 0 spiro atoms. The summed E-state index contributed by atoms with van der Waals surface area (Å²) >= 11 is 5.69. The molecule has 32 heavy (non-hydrogen) atoms. The Morgan fingerprint density at radius 2 is 1.94 bits per heavy atom. The van der Waals surface area contributed by atoms with Gasteiger partial charge in [-0.05, 0) is 37.5 Å². The molecule has 4 aliphatic rings. The summed E-state index contributed by atoms with van der Waals surface area (Å²) in [4.78, 5) is 12.2. The third-order valence-electron chi connectivity index (χ3n) is 6.28. The third-order valence-corrected chi connectivity index (χ3v) is 6.59. The number of carbonyl (C=O) groups excluding carboxylic acids is 1. The topological polar surface area (TPSA) is 86.5 Å². The Hall–Kier alpha value is -2.24. The molecule has 6 rings (SSSR count). The van der Waals surface area contributed by atoms with Crippen molar-refractivity contribution in [3.05, 3.63) is 34.9 Å². The molecular weight excluding hydrogens is 458 g/mol. The van der Waals surface area contributed by atoms with Gasteiger partial charge in [0, 0.05) is 23.9 Å². The van der Waals surface area contributed by atoms with Crippen LogP contribution < -0.4 is 5.32 Å². The van der Waals surface area contributed by atoms with Gasteiger partial charge >= 0.3 is 6.36 Å². The van der Waals surface area contributed by atoms with Crippen LogP contribution in [0.25, 0.3) is 11.5 Å². The van der Waals surface area contributed by atoms with Crippen LogP contribution in [0.2, 0.25) is 5.02 Å². The maximum absolute atomic E-state index is 13.7. The van der Waals surface area contributed by atoms with Gasteiger partial charge in [0.15, 0.2) is 0 Å². The molecule has 172 valence electrons. The SMILES string of the molecule is O=C(CO[C@H]1C[C@@H](OC(F)(F)F)C1)NC12CC(c3nnc(-c4ccc(Cl)c(F)c4)o3)(C1)C2. The van der Waals surface area contributed by atoms with Crippen molar-refractivity contribution < 1.29 is 36.2 Å². The molecule has 1 aromatic heterocycles. The second-order valence-electron chi connectivity index (χ2n) is 8.77. The molecule has 4 aliphatic carbocycles. The maximum atomic E-state index is 13.7. The average molecular weight is 476 g/mol. The van der Waals surface area contributed by atoms with Gasteiger partial charge in [0.05, 0.1) is 22.6 Å². The number of aromatic nitrogens is 2. The number of nitrogens with zero attached hydrogens (tertiary/aromatic N) is 2. The largest absolute Gasteiger partial charge is 0.522 e. The van der Waals surface area contributed by atoms with Crippen LogP contribution in [-0.4, -0.2) is 46.8 Å². The highest BCUT2D eigenvalue weighted by molar-refractivity contribution is 6.30. The second-order valence-corrected chi connectivity index (χ2v) is 9.18. The molecule has 1 aromatic carbocycles. The van der Waals surface area contributed by atoms with Crippen LogP contribution in [0, 0.1) is 5.82 Å². The van der Waals surface area contributed by atoms with Crippen molar-refractivity contribution in [2.24, 2.45) is 0 Å². The van der Waals surface area contributed by atoms with Crippen molar-refractivity contribution in [2.75, 3.05) is 6.61 Å². The van der Waals surface area contributed by atoms with Crippen LogP contribution in [0.1, 0.15) is 38.0 Å². The molecule has 0 atom stereocenters. The van der Waals surface area contributed by atoms with Crippen molar-refractivity contribution in [2.45, 2.75) is 61.6 Å². The predicted molar refractivity (Wildman–Crippen MR) is 101 cm³/mol. The highest BCUT2D eigenvalue weighted by Gasteiger charge is 2.71. The molecule has 0 unspecified atom stereocenters. The fourth-order valence-corrected chi connectivity index (χ4v) is 4.91. The zero-order chi connectivity index (χ0) is 22.7. The van der Waals surface area contributed by atoms with Crippen molar-refractivity contribution in [1.29, 1.82) is 0 Å². The van der Waals surface area contributed by atoms with Crippen molar-refractivity contribution >= 4 is 17.5 Å². The summed E-state index contributed by atoms with van der Waals surface area (Å²) in [5, 5.41) is 11.0. The highest BCUT2D eigenvalue weighted by atomic mass is 35.5. The highest BCUT2D eigenvalue weighted by Crippen LogP contribution is 2.67. The number of ether oxygens (including phenoxy) is 2. The number of alkyl halides is 3. The molecule has 7 nitrogen and oxygen atoms in total. The Morgan fingerprint density at radius 3 is 2.59 bits per heavy atom. The van der Waals surface area contributed by atoms with Gasteiger partial charge in [-0.25, -0.2) is 4.39 Å². The van der Waals surface area contributed by atoms with Gasteiger partial charge in [-0.3, -0.25) is 9.53 Å². The van der Waals surface area contributed by atoms with Crippen LogP contribution in [0.4, 0.5) is 17.6 Å². The van der Waals surface area contributed by atoms with E-state index in [1.165, 1.54) is 12.1 Å². The minimum atomic E-state index is -4.66. The Labute approximate surface area is 184 Å². The van der Waals surface area contributed by atoms with Gasteiger partial charge < -0.3 is 14.5 Å². The van der Waals surface area contributed by atoms with E-state index in [-0.39, 0.29) is 47.2 Å². The molecule has 1 amide bonds. The smallest absolute Gasteiger partial charge is 0.420 e. The summed E-state index contributed by atoms with van der Waals surface area (Å²) in [6.07, 6.45) is -3.87. The van der Waals surface area contributed by atoms with E-state index in [4.69, 9.17) is 20.8 Å². The van der Waals surface area contributed by atoms with Crippen molar-refractivity contribution in [3.8, 4) is 11.5 Å². The summed E-state index contributed by atoms with van der Waals surface area (Å²) in [5.41, 5.74) is -0.236. The monoisotopic (exact) mass is 475 g/mol. The second kappa shape index (κ2) is 7.39. The summed E-state index contributed by atoms with van der Waals surface area (Å²) < 4.78 is 65.0. The Morgan fingerprint density at radius 1 is 1.22 bits per heavy atom. The number of hydrogen-bond donors (Lipinski definition) is 1. The van der Waals surface area contributed by atoms with Gasteiger partial charge in [-0.2, -0.15) is 0 Å². The zero-order valence-electron chi connectivity index (χ0n) is 16.5. The van der Waals surface area contributed by atoms with Gasteiger partial charge in [0.2, 0.25) is 17.7 Å². The lowest BCUT2D eigenvalue weighted by Crippen LogP contribution is -2.77. The van der Waals surface area contributed by atoms with E-state index in [0.717, 1.165) is 0 Å². The summed E-state index contributed by atoms with van der Waals surface area (Å²) in [5.74, 6) is -0.259. The molecule has 2 bridgehead atoms. The van der Waals surface area contributed by atoms with E-state index in [9.17, 15) is 22.4 Å². The maximum Gasteiger partial charge on any atom is 0.522 e. The van der Waals surface area contributed by atoms with E-state index >= 15 is 0 Å². The van der Waals surface area contributed by atoms with Gasteiger partial charge in [0.25, 0.3) is 0 Å². The standard InChI is InChI=1S/C20H18ClF4N3O4/c21-13-2-1-10(3-14(13)22)16-27-28-17(31-16)18-7-19(8-18,9-18)26-15(29)6-30-11-4-12(5-11)32-20(23,24)25/h1-3,11-12H,4-9H2,(H,26,29)/t11-,12+,18?,19?. The lowest BCUT2D eigenvalue weighted by Gasteiger charge is -2.68. The molecule has 2 aromatic rings. The molecule has 4 saturated carbocycles. The van der Waals surface area contributed by atoms with Gasteiger partial charge in [-0.1, -0.05) is 11.6 Å². The van der Waals surface area contributed by atoms with Gasteiger partial charge in [-0.15, -0.1) is 23.4 Å². The first-order chi connectivity index (χ1) is 15.0. The van der Waals surface area contributed by atoms with Crippen LogP contribution in [0.15, 0.2) is 22.6 Å². The fraction of sp³-hybridized carbons (Fsp3) is 0.550. The molecular formula is C20H18ClF4N3O4. The number of benzene rings is 1. The minimum Gasteiger partial charge on any atom is -0.420 e. The van der Waals surface area contributed by atoms with E-state index < -0.39 is 24.4 Å². The van der Waals surface area contributed by atoms with Crippen molar-refractivity contribution in [1.82, 2.24) is 15.5 Å². The van der Waals surface area contributed by atoms with Crippen LogP contribution >= 0.6 is 11.6 Å². The average Bonchev–Trinajstić information content (AvgIpc) is 3.10. The Kier molecular flexibility index (Phi) is 4.99. The van der Waals surface area contributed by atoms with Crippen molar-refractivity contribution in [3.63, 3.8) is 0 Å². The van der Waals surface area contributed by atoms with Crippen LogP contribution in [0.3, 0.4) is 0 Å². The Bertz CT molecular complexity index is 1030. The molecule has 12 heteroatoms. The molecule has 0 radical (unpaired) electrons. The molecule has 0 saturated heterocycles. The van der Waals surface area contributed by atoms with E-state index in [1.54, 1.807) is 6.07 Å². The number of carbonyl (C=O) groups is 1. The van der Waals surface area contributed by atoms with Crippen LogP contribution in [-0.2, 0) is 19.7 Å². The first-order valence-electron chi connectivity index (χ1n) is 10.0. The lowest BCUT2D eigenvalue weighted by atomic mass is 9.39. The number of hydrogen-bond acceptors (Lipinski definition) is 6. The quantitative estimate of drug-likeness (QED) is 0.611. The number of halogens is 5. The fourth-order valence-electron chi connectivity index (χ4n) is 4.79. The van der Waals surface area contributed by atoms with E-state index in [2.05, 4.69) is 20.3 Å². The Balaban J connectivity index is 1.08. The molecule has 4 fully saturated rings. The summed E-state index contributed by atoms with van der Waals surface area (Å²) in [7, 11) is 0. The number of nitrogens with one attached hydrogen (secondary N) is 1. The van der Waals surface area contributed by atoms with E-state index in [0.29, 0.717) is 30.7 Å². The normalized spacial score (nSPS) is 30.8. The number of rotatable bonds is 7. The summed E-state index contributed by atoms with van der Waals surface area (Å²) in [6.45, 7) is -0.217. The van der Waals surface area contributed by atoms with Crippen LogP contribution in [0.5, 0.6) is 0 Å². The third kappa shape index (κ3) is 3.97. The first kappa shape index (κ1) is 21.6. The van der Waals surface area contributed by atoms with E-state index in [1.807, 2.05) is 0 Å².